The average molecular weight is 330 g/mol. The first-order valence-corrected chi connectivity index (χ1v) is 7.82. The first kappa shape index (κ1) is 16.7. The first-order valence-electron chi connectivity index (χ1n) is 7.03. The molecule has 0 atom stereocenters. The van der Waals surface area contributed by atoms with Crippen LogP contribution in [0.3, 0.4) is 0 Å². The lowest BCUT2D eigenvalue weighted by Gasteiger charge is -2.30. The predicted molar refractivity (Wildman–Crippen MR) is 85.7 cm³/mol. The van der Waals surface area contributed by atoms with Gasteiger partial charge in [-0.15, -0.1) is 0 Å². The molecular formula is C15H28BrN3. The fourth-order valence-corrected chi connectivity index (χ4v) is 3.04. The molecule has 0 spiro atoms. The lowest BCUT2D eigenvalue weighted by molar-refractivity contribution is 0.356. The van der Waals surface area contributed by atoms with Gasteiger partial charge in [0.25, 0.3) is 0 Å². The Balaban J connectivity index is 2.85. The Labute approximate surface area is 126 Å². The van der Waals surface area contributed by atoms with Gasteiger partial charge in [-0.3, -0.25) is 4.68 Å². The van der Waals surface area contributed by atoms with E-state index in [0.717, 1.165) is 17.4 Å². The molecule has 0 saturated carbocycles. The van der Waals surface area contributed by atoms with E-state index in [-0.39, 0.29) is 11.0 Å². The zero-order valence-electron chi connectivity index (χ0n) is 13.3. The molecule has 0 aromatic carbocycles. The molecule has 4 heteroatoms. The van der Waals surface area contributed by atoms with E-state index in [0.29, 0.717) is 6.04 Å². The number of hydrogen-bond donors (Lipinski definition) is 1. The van der Waals surface area contributed by atoms with Gasteiger partial charge in [-0.25, -0.2) is 0 Å². The summed E-state index contributed by atoms with van der Waals surface area (Å²) >= 11 is 3.65. The second-order valence-corrected chi connectivity index (χ2v) is 8.04. The predicted octanol–water partition coefficient (Wildman–Crippen LogP) is 4.28. The first-order chi connectivity index (χ1) is 8.54. The molecule has 1 rings (SSSR count). The number of nitrogens with zero attached hydrogens (tertiary/aromatic N) is 2. The van der Waals surface area contributed by atoms with Crippen molar-refractivity contribution in [3.63, 3.8) is 0 Å². The van der Waals surface area contributed by atoms with E-state index in [1.165, 1.54) is 5.69 Å². The highest BCUT2D eigenvalue weighted by Gasteiger charge is 2.28. The van der Waals surface area contributed by atoms with Crippen LogP contribution in [-0.2, 0) is 5.41 Å². The highest BCUT2D eigenvalue weighted by molar-refractivity contribution is 9.10. The lowest BCUT2D eigenvalue weighted by Crippen LogP contribution is -2.39. The highest BCUT2D eigenvalue weighted by atomic mass is 79.9. The zero-order valence-corrected chi connectivity index (χ0v) is 14.9. The number of rotatable bonds is 5. The summed E-state index contributed by atoms with van der Waals surface area (Å²) in [5.41, 5.74) is 1.56. The topological polar surface area (TPSA) is 29.9 Å². The van der Waals surface area contributed by atoms with Crippen molar-refractivity contribution in [2.75, 3.05) is 6.54 Å². The van der Waals surface area contributed by atoms with Gasteiger partial charge in [0, 0.05) is 17.0 Å². The van der Waals surface area contributed by atoms with Crippen molar-refractivity contribution < 1.29 is 0 Å². The van der Waals surface area contributed by atoms with Gasteiger partial charge >= 0.3 is 0 Å². The number of aromatic nitrogens is 2. The van der Waals surface area contributed by atoms with E-state index >= 15 is 0 Å². The molecule has 1 aromatic heterocycles. The molecule has 0 fully saturated rings. The van der Waals surface area contributed by atoms with Crippen LogP contribution in [-0.4, -0.2) is 21.9 Å². The normalized spacial score (nSPS) is 13.3. The minimum absolute atomic E-state index is 0.0951. The molecule has 0 aliphatic heterocycles. The van der Waals surface area contributed by atoms with E-state index < -0.39 is 0 Å². The van der Waals surface area contributed by atoms with Gasteiger partial charge in [-0.1, -0.05) is 13.8 Å². The van der Waals surface area contributed by atoms with Gasteiger partial charge in [0.1, 0.15) is 0 Å². The van der Waals surface area contributed by atoms with Crippen LogP contribution in [0.2, 0.25) is 0 Å². The van der Waals surface area contributed by atoms with Crippen LogP contribution >= 0.6 is 15.9 Å². The monoisotopic (exact) mass is 329 g/mol. The molecule has 19 heavy (non-hydrogen) atoms. The molecule has 0 amide bonds. The van der Waals surface area contributed by atoms with Gasteiger partial charge in [0.2, 0.25) is 0 Å². The Morgan fingerprint density at radius 3 is 2.32 bits per heavy atom. The molecule has 0 radical (unpaired) electrons. The van der Waals surface area contributed by atoms with Crippen LogP contribution in [0.1, 0.15) is 66.6 Å². The third kappa shape index (κ3) is 4.60. The largest absolute Gasteiger partial charge is 0.312 e. The summed E-state index contributed by atoms with van der Waals surface area (Å²) in [7, 11) is 0. The summed E-state index contributed by atoms with van der Waals surface area (Å²) < 4.78 is 3.24. The lowest BCUT2D eigenvalue weighted by atomic mass is 9.85. The van der Waals surface area contributed by atoms with Crippen LogP contribution in [0.25, 0.3) is 0 Å². The minimum atomic E-state index is 0.0951. The standard InChI is InChI=1S/C15H28BrN3/c1-11(2)19-13(12(16)10-18-19)15(6,7)8-9-17-14(3,4)5/h10-11,17H,8-9H2,1-7H3. The quantitative estimate of drug-likeness (QED) is 0.873. The van der Waals surface area contributed by atoms with E-state index in [1.54, 1.807) is 0 Å². The molecule has 1 heterocycles. The third-order valence-electron chi connectivity index (χ3n) is 3.29. The van der Waals surface area contributed by atoms with Crippen molar-refractivity contribution in [1.82, 2.24) is 15.1 Å². The molecule has 3 nitrogen and oxygen atoms in total. The number of halogens is 1. The van der Waals surface area contributed by atoms with Crippen molar-refractivity contribution in [1.29, 1.82) is 0 Å². The van der Waals surface area contributed by atoms with Crippen molar-refractivity contribution in [3.05, 3.63) is 16.4 Å². The van der Waals surface area contributed by atoms with Gasteiger partial charge in [0.15, 0.2) is 0 Å². The molecule has 0 aliphatic carbocycles. The summed E-state index contributed by atoms with van der Waals surface area (Å²) in [5, 5.41) is 8.05. The van der Waals surface area contributed by atoms with Gasteiger partial charge in [-0.2, -0.15) is 5.10 Å². The van der Waals surface area contributed by atoms with Crippen molar-refractivity contribution >= 4 is 15.9 Å². The Kier molecular flexibility index (Phi) is 5.24. The Hall–Kier alpha value is -0.350. The Bertz CT molecular complexity index is 414. The molecule has 110 valence electrons. The fraction of sp³-hybridized carbons (Fsp3) is 0.800. The van der Waals surface area contributed by atoms with Crippen molar-refractivity contribution in [3.8, 4) is 0 Å². The van der Waals surface area contributed by atoms with E-state index in [2.05, 4.69) is 79.5 Å². The van der Waals surface area contributed by atoms with Crippen LogP contribution < -0.4 is 5.32 Å². The summed E-state index contributed by atoms with van der Waals surface area (Å²) in [4.78, 5) is 0. The van der Waals surface area contributed by atoms with Crippen molar-refractivity contribution in [2.24, 2.45) is 0 Å². The van der Waals surface area contributed by atoms with Gasteiger partial charge in [-0.05, 0) is 63.5 Å². The smallest absolute Gasteiger partial charge is 0.0635 e. The summed E-state index contributed by atoms with van der Waals surface area (Å²) in [6.45, 7) is 16.5. The summed E-state index contributed by atoms with van der Waals surface area (Å²) in [6.07, 6.45) is 3.00. The molecule has 0 saturated heterocycles. The average Bonchev–Trinajstić information content (AvgIpc) is 2.58. The molecule has 1 N–H and O–H groups in total. The number of hydrogen-bond acceptors (Lipinski definition) is 2. The maximum absolute atomic E-state index is 4.49. The highest BCUT2D eigenvalue weighted by Crippen LogP contribution is 2.34. The fourth-order valence-electron chi connectivity index (χ4n) is 2.23. The second-order valence-electron chi connectivity index (χ2n) is 7.19. The van der Waals surface area contributed by atoms with Gasteiger partial charge in [0.05, 0.1) is 16.4 Å². The van der Waals surface area contributed by atoms with Crippen LogP contribution in [0, 0.1) is 0 Å². The molecular weight excluding hydrogens is 302 g/mol. The van der Waals surface area contributed by atoms with E-state index in [4.69, 9.17) is 0 Å². The van der Waals surface area contributed by atoms with Crippen LogP contribution in [0.5, 0.6) is 0 Å². The molecule has 0 aliphatic rings. The maximum Gasteiger partial charge on any atom is 0.0635 e. The third-order valence-corrected chi connectivity index (χ3v) is 3.87. The van der Waals surface area contributed by atoms with Crippen LogP contribution in [0.15, 0.2) is 10.7 Å². The van der Waals surface area contributed by atoms with Crippen molar-refractivity contribution in [2.45, 2.75) is 71.9 Å². The second kappa shape index (κ2) is 5.96. The minimum Gasteiger partial charge on any atom is -0.312 e. The Morgan fingerprint density at radius 1 is 1.26 bits per heavy atom. The van der Waals surface area contributed by atoms with E-state index in [1.807, 2.05) is 6.20 Å². The van der Waals surface area contributed by atoms with Gasteiger partial charge < -0.3 is 5.32 Å². The Morgan fingerprint density at radius 2 is 1.84 bits per heavy atom. The summed E-state index contributed by atoms with van der Waals surface area (Å²) in [6, 6.07) is 0.385. The summed E-state index contributed by atoms with van der Waals surface area (Å²) in [5.74, 6) is 0. The van der Waals surface area contributed by atoms with Crippen LogP contribution in [0.4, 0.5) is 0 Å². The zero-order chi connectivity index (χ0) is 14.8. The maximum atomic E-state index is 4.49. The SMILES string of the molecule is CC(C)n1ncc(Br)c1C(C)(C)CCNC(C)(C)C. The molecule has 1 aromatic rings. The molecule has 0 unspecified atom stereocenters. The number of nitrogens with one attached hydrogen (secondary N) is 1. The molecule has 0 bridgehead atoms. The van der Waals surface area contributed by atoms with E-state index in [9.17, 15) is 0 Å².